The van der Waals surface area contributed by atoms with Crippen molar-refractivity contribution in [3.63, 3.8) is 0 Å². The van der Waals surface area contributed by atoms with Crippen molar-refractivity contribution in [3.8, 4) is 10.6 Å². The Labute approximate surface area is 187 Å². The lowest BCUT2D eigenvalue weighted by molar-refractivity contribution is -0.137. The Hall–Kier alpha value is -2.63. The largest absolute Gasteiger partial charge is 0.465 e. The molecule has 1 aromatic carbocycles. The molecule has 160 valence electrons. The summed E-state index contributed by atoms with van der Waals surface area (Å²) in [6.07, 6.45) is -3.60. The van der Waals surface area contributed by atoms with E-state index in [1.807, 2.05) is 5.38 Å². The van der Waals surface area contributed by atoms with Crippen LogP contribution in [-0.2, 0) is 16.7 Å². The fourth-order valence-electron chi connectivity index (χ4n) is 2.70. The second-order valence-electron chi connectivity index (χ2n) is 6.25. The standard InChI is InChI=1S/C19H12ClF3N4O2S2/c1-29-17(28)11-4-2-10(3-5-11)16-24-13(8-30-16)9-31-18-26-25-15-14(20)6-12(7-27(15)18)19(21,22)23/h2-8H,9H2,1H3. The van der Waals surface area contributed by atoms with E-state index in [2.05, 4.69) is 19.9 Å². The second-order valence-corrected chi connectivity index (χ2v) is 8.46. The van der Waals surface area contributed by atoms with Gasteiger partial charge in [-0.3, -0.25) is 4.40 Å². The Morgan fingerprint density at radius 1 is 1.26 bits per heavy atom. The monoisotopic (exact) mass is 484 g/mol. The highest BCUT2D eigenvalue weighted by Gasteiger charge is 2.32. The number of alkyl halides is 3. The Kier molecular flexibility index (Phi) is 5.91. The van der Waals surface area contributed by atoms with Gasteiger partial charge in [0.15, 0.2) is 10.8 Å². The zero-order chi connectivity index (χ0) is 22.2. The normalized spacial score (nSPS) is 11.8. The highest BCUT2D eigenvalue weighted by Crippen LogP contribution is 2.34. The summed E-state index contributed by atoms with van der Waals surface area (Å²) in [6.45, 7) is 0. The summed E-state index contributed by atoms with van der Waals surface area (Å²) in [6, 6.07) is 7.68. The quantitative estimate of drug-likeness (QED) is 0.271. The number of halogens is 4. The van der Waals surface area contributed by atoms with Gasteiger partial charge in [-0.2, -0.15) is 13.2 Å². The van der Waals surface area contributed by atoms with Crippen LogP contribution in [0, 0.1) is 0 Å². The van der Waals surface area contributed by atoms with Crippen LogP contribution in [0.15, 0.2) is 47.1 Å². The van der Waals surface area contributed by atoms with Crippen LogP contribution in [0.25, 0.3) is 16.2 Å². The van der Waals surface area contributed by atoms with Gasteiger partial charge >= 0.3 is 12.1 Å². The summed E-state index contributed by atoms with van der Waals surface area (Å²) < 4.78 is 45.2. The lowest BCUT2D eigenvalue weighted by Gasteiger charge is -2.08. The van der Waals surface area contributed by atoms with Crippen molar-refractivity contribution in [1.82, 2.24) is 19.6 Å². The molecule has 6 nitrogen and oxygen atoms in total. The van der Waals surface area contributed by atoms with E-state index in [1.165, 1.54) is 34.6 Å². The van der Waals surface area contributed by atoms with Crippen LogP contribution >= 0.6 is 34.7 Å². The number of methoxy groups -OCH3 is 1. The summed E-state index contributed by atoms with van der Waals surface area (Å²) in [7, 11) is 1.32. The minimum absolute atomic E-state index is 0.125. The minimum atomic E-state index is -4.53. The van der Waals surface area contributed by atoms with E-state index >= 15 is 0 Å². The van der Waals surface area contributed by atoms with Crippen LogP contribution in [0.2, 0.25) is 5.02 Å². The Morgan fingerprint density at radius 3 is 2.68 bits per heavy atom. The maximum Gasteiger partial charge on any atom is 0.417 e. The number of hydrogen-bond donors (Lipinski definition) is 0. The van der Waals surface area contributed by atoms with Gasteiger partial charge < -0.3 is 4.74 Å². The molecule has 0 radical (unpaired) electrons. The molecule has 0 fully saturated rings. The fourth-order valence-corrected chi connectivity index (χ4v) is 4.68. The van der Waals surface area contributed by atoms with Gasteiger partial charge in [-0.1, -0.05) is 35.5 Å². The predicted octanol–water partition coefficient (Wildman–Crippen LogP) is 5.60. The molecule has 4 rings (SSSR count). The number of aromatic nitrogens is 4. The van der Waals surface area contributed by atoms with E-state index < -0.39 is 17.7 Å². The van der Waals surface area contributed by atoms with E-state index in [0.717, 1.165) is 28.5 Å². The first-order valence-corrected chi connectivity index (χ1v) is 10.9. The topological polar surface area (TPSA) is 69.4 Å². The number of esters is 1. The lowest BCUT2D eigenvalue weighted by atomic mass is 10.1. The molecule has 0 aliphatic rings. The molecule has 0 aliphatic heterocycles. The predicted molar refractivity (Wildman–Crippen MR) is 111 cm³/mol. The van der Waals surface area contributed by atoms with Crippen molar-refractivity contribution in [3.05, 3.63) is 63.8 Å². The van der Waals surface area contributed by atoms with E-state index in [9.17, 15) is 18.0 Å². The van der Waals surface area contributed by atoms with Crippen molar-refractivity contribution in [2.45, 2.75) is 17.1 Å². The number of hydrogen-bond acceptors (Lipinski definition) is 7. The molecule has 12 heteroatoms. The lowest BCUT2D eigenvalue weighted by Crippen LogP contribution is -2.07. The number of nitrogens with zero attached hydrogens (tertiary/aromatic N) is 4. The first-order chi connectivity index (χ1) is 14.8. The van der Waals surface area contributed by atoms with Crippen LogP contribution in [0.5, 0.6) is 0 Å². The van der Waals surface area contributed by atoms with Crippen molar-refractivity contribution in [2.75, 3.05) is 7.11 Å². The van der Waals surface area contributed by atoms with E-state index in [4.69, 9.17) is 11.6 Å². The molecule has 0 bridgehead atoms. The molecule has 0 unspecified atom stereocenters. The van der Waals surface area contributed by atoms with Crippen molar-refractivity contribution in [1.29, 1.82) is 0 Å². The Morgan fingerprint density at radius 2 is 2.00 bits per heavy atom. The summed E-state index contributed by atoms with van der Waals surface area (Å²) >= 11 is 8.56. The maximum atomic E-state index is 13.1. The van der Waals surface area contributed by atoms with E-state index in [1.54, 1.807) is 24.3 Å². The summed E-state index contributed by atoms with van der Waals surface area (Å²) in [5.74, 6) is -0.0390. The first kappa shape index (κ1) is 21.6. The number of pyridine rings is 1. The molecule has 3 heterocycles. The Bertz CT molecular complexity index is 1260. The SMILES string of the molecule is COC(=O)c1ccc(-c2nc(CSc3nnc4c(Cl)cc(C(F)(F)F)cn34)cs2)cc1. The number of rotatable bonds is 5. The molecule has 0 atom stereocenters. The molecule has 0 amide bonds. The molecule has 0 aliphatic carbocycles. The molecular formula is C19H12ClF3N4O2S2. The molecular weight excluding hydrogens is 473 g/mol. The zero-order valence-corrected chi connectivity index (χ0v) is 18.1. The summed E-state index contributed by atoms with van der Waals surface area (Å²) in [5.41, 5.74) is 1.29. The molecule has 0 saturated carbocycles. The third kappa shape index (κ3) is 4.53. The molecule has 0 N–H and O–H groups in total. The maximum absolute atomic E-state index is 13.1. The number of ether oxygens (including phenoxy) is 1. The number of thiazole rings is 1. The van der Waals surface area contributed by atoms with Crippen molar-refractivity contribution in [2.24, 2.45) is 0 Å². The van der Waals surface area contributed by atoms with Gasteiger partial charge in [-0.25, -0.2) is 9.78 Å². The third-order valence-corrected chi connectivity index (χ3v) is 6.40. The van der Waals surface area contributed by atoms with Crippen LogP contribution in [0.1, 0.15) is 21.6 Å². The van der Waals surface area contributed by atoms with Gasteiger partial charge in [0.25, 0.3) is 0 Å². The summed E-state index contributed by atoms with van der Waals surface area (Å²) in [5, 5.41) is 10.6. The molecule has 3 aromatic heterocycles. The van der Waals surface area contributed by atoms with Gasteiger partial charge in [0.2, 0.25) is 0 Å². The van der Waals surface area contributed by atoms with Gasteiger partial charge in [0.05, 0.1) is 29.0 Å². The van der Waals surface area contributed by atoms with E-state index in [0.29, 0.717) is 11.3 Å². The highest BCUT2D eigenvalue weighted by molar-refractivity contribution is 7.98. The summed E-state index contributed by atoms with van der Waals surface area (Å²) in [4.78, 5) is 16.1. The number of carbonyl (C=O) groups excluding carboxylic acids is 1. The Balaban J connectivity index is 1.52. The minimum Gasteiger partial charge on any atom is -0.465 e. The van der Waals surface area contributed by atoms with E-state index in [-0.39, 0.29) is 15.8 Å². The zero-order valence-electron chi connectivity index (χ0n) is 15.7. The number of benzene rings is 1. The molecule has 4 aromatic rings. The first-order valence-electron chi connectivity index (χ1n) is 8.63. The highest BCUT2D eigenvalue weighted by atomic mass is 35.5. The smallest absolute Gasteiger partial charge is 0.417 e. The third-order valence-electron chi connectivity index (χ3n) is 4.21. The number of carbonyl (C=O) groups is 1. The number of fused-ring (bicyclic) bond motifs is 1. The van der Waals surface area contributed by atoms with Crippen LogP contribution in [-0.4, -0.2) is 32.7 Å². The van der Waals surface area contributed by atoms with Gasteiger partial charge in [0, 0.05) is 22.9 Å². The van der Waals surface area contributed by atoms with Crippen molar-refractivity contribution >= 4 is 46.3 Å². The molecule has 0 saturated heterocycles. The van der Waals surface area contributed by atoms with Crippen LogP contribution in [0.3, 0.4) is 0 Å². The second kappa shape index (κ2) is 8.48. The number of thioether (sulfide) groups is 1. The van der Waals surface area contributed by atoms with Gasteiger partial charge in [-0.15, -0.1) is 21.5 Å². The van der Waals surface area contributed by atoms with Gasteiger partial charge in [-0.05, 0) is 18.2 Å². The van der Waals surface area contributed by atoms with Gasteiger partial charge in [0.1, 0.15) is 5.01 Å². The van der Waals surface area contributed by atoms with Crippen LogP contribution < -0.4 is 0 Å². The van der Waals surface area contributed by atoms with Crippen LogP contribution in [0.4, 0.5) is 13.2 Å². The molecule has 0 spiro atoms. The molecule has 31 heavy (non-hydrogen) atoms. The average Bonchev–Trinajstić information content (AvgIpc) is 3.38. The average molecular weight is 485 g/mol. The fraction of sp³-hybridized carbons (Fsp3) is 0.158. The van der Waals surface area contributed by atoms with Crippen molar-refractivity contribution < 1.29 is 22.7 Å².